The normalized spacial score (nSPS) is 16.7. The van der Waals surface area contributed by atoms with E-state index in [9.17, 15) is 4.39 Å². The van der Waals surface area contributed by atoms with Gasteiger partial charge in [0.2, 0.25) is 0 Å². The van der Waals surface area contributed by atoms with Gasteiger partial charge >= 0.3 is 0 Å². The van der Waals surface area contributed by atoms with E-state index >= 15 is 0 Å². The summed E-state index contributed by atoms with van der Waals surface area (Å²) >= 11 is 0. The first-order valence-electron chi connectivity index (χ1n) is 16.4. The van der Waals surface area contributed by atoms with Crippen molar-refractivity contribution in [3.05, 3.63) is 59.7 Å². The standard InChI is InChI=1S/C23H38FN.C13H26N2/c1-7-10-12-20(9-3)23(6,15-11-16-25-19(5)8-2)21-13-14-22(24)18(4)17-21;1-11(2)15-13(10-14-3)9-12-7-5-4-6-8-12/h13-14,17,20,25H,5,7-12,15-16H2,1-4,6H3;12-15H,1,4-10H2,2-3H3/t;13-/m.0/s1. The molecule has 40 heavy (non-hydrogen) atoms. The van der Waals surface area contributed by atoms with Crippen molar-refractivity contribution in [1.29, 1.82) is 0 Å². The van der Waals surface area contributed by atoms with Crippen molar-refractivity contribution in [2.75, 3.05) is 20.1 Å². The third-order valence-electron chi connectivity index (χ3n) is 9.04. The van der Waals surface area contributed by atoms with Crippen LogP contribution in [0.15, 0.2) is 42.8 Å². The molecule has 0 aromatic heterocycles. The minimum atomic E-state index is -0.103. The second-order valence-corrected chi connectivity index (χ2v) is 12.5. The van der Waals surface area contributed by atoms with Gasteiger partial charge in [-0.25, -0.2) is 4.39 Å². The number of hydrogen-bond donors (Lipinski definition) is 3. The summed E-state index contributed by atoms with van der Waals surface area (Å²) in [6.45, 7) is 23.0. The van der Waals surface area contributed by atoms with Crippen LogP contribution in [0.25, 0.3) is 0 Å². The Kier molecular flexibility index (Phi) is 18.2. The van der Waals surface area contributed by atoms with Crippen molar-refractivity contribution in [2.24, 2.45) is 11.8 Å². The summed E-state index contributed by atoms with van der Waals surface area (Å²) in [6.07, 6.45) is 16.6. The number of likely N-dealkylation sites (N-methyl/N-ethyl adjacent to an activating group) is 1. The second-order valence-electron chi connectivity index (χ2n) is 12.5. The van der Waals surface area contributed by atoms with E-state index in [0.29, 0.717) is 12.0 Å². The van der Waals surface area contributed by atoms with Gasteiger partial charge in [0.25, 0.3) is 0 Å². The van der Waals surface area contributed by atoms with E-state index < -0.39 is 0 Å². The van der Waals surface area contributed by atoms with E-state index in [0.717, 1.165) is 55.2 Å². The average Bonchev–Trinajstić information content (AvgIpc) is 2.93. The van der Waals surface area contributed by atoms with E-state index in [1.165, 1.54) is 69.8 Å². The molecule has 0 radical (unpaired) electrons. The van der Waals surface area contributed by atoms with Crippen molar-refractivity contribution in [1.82, 2.24) is 16.0 Å². The summed E-state index contributed by atoms with van der Waals surface area (Å²) in [5.41, 5.74) is 4.34. The topological polar surface area (TPSA) is 36.1 Å². The van der Waals surface area contributed by atoms with Crippen molar-refractivity contribution < 1.29 is 4.39 Å². The lowest BCUT2D eigenvalue weighted by Crippen LogP contribution is -2.38. The van der Waals surface area contributed by atoms with Gasteiger partial charge in [0, 0.05) is 30.5 Å². The number of allylic oxidation sites excluding steroid dienone is 2. The molecule has 3 nitrogen and oxygen atoms in total. The lowest BCUT2D eigenvalue weighted by molar-refractivity contribution is 0.238. The summed E-state index contributed by atoms with van der Waals surface area (Å²) in [5.74, 6) is 1.46. The summed E-state index contributed by atoms with van der Waals surface area (Å²) in [4.78, 5) is 0. The summed E-state index contributed by atoms with van der Waals surface area (Å²) in [7, 11) is 2.02. The molecule has 0 saturated heterocycles. The molecule has 1 fully saturated rings. The molecule has 0 heterocycles. The third-order valence-corrected chi connectivity index (χ3v) is 9.04. The minimum Gasteiger partial charge on any atom is -0.389 e. The molecule has 0 bridgehead atoms. The monoisotopic (exact) mass is 558 g/mol. The van der Waals surface area contributed by atoms with Gasteiger partial charge in [-0.05, 0) is 87.4 Å². The van der Waals surface area contributed by atoms with Gasteiger partial charge in [0.1, 0.15) is 5.82 Å². The van der Waals surface area contributed by atoms with Crippen LogP contribution >= 0.6 is 0 Å². The van der Waals surface area contributed by atoms with E-state index in [2.05, 4.69) is 62.9 Å². The Hall–Kier alpha value is -1.81. The Labute approximate surface area is 248 Å². The molecule has 2 rings (SSSR count). The predicted molar refractivity (Wildman–Crippen MR) is 175 cm³/mol. The largest absolute Gasteiger partial charge is 0.389 e. The summed E-state index contributed by atoms with van der Waals surface area (Å²) in [6, 6.07) is 6.29. The lowest BCUT2D eigenvalue weighted by atomic mass is 9.66. The van der Waals surface area contributed by atoms with Gasteiger partial charge < -0.3 is 16.0 Å². The number of nitrogens with one attached hydrogen (secondary N) is 3. The Balaban J connectivity index is 0.000000453. The maximum absolute atomic E-state index is 13.8. The molecule has 2 unspecified atom stereocenters. The van der Waals surface area contributed by atoms with Gasteiger partial charge in [0.05, 0.1) is 0 Å². The molecule has 0 amide bonds. The van der Waals surface area contributed by atoms with Crippen molar-refractivity contribution in [2.45, 2.75) is 136 Å². The first-order valence-corrected chi connectivity index (χ1v) is 16.4. The molecule has 1 aromatic carbocycles. The number of aryl methyl sites for hydroxylation is 1. The number of unbranched alkanes of at least 4 members (excludes halogenated alkanes) is 1. The van der Waals surface area contributed by atoms with Crippen LogP contribution in [0.2, 0.25) is 0 Å². The highest BCUT2D eigenvalue weighted by atomic mass is 19.1. The van der Waals surface area contributed by atoms with Gasteiger partial charge in [-0.3, -0.25) is 0 Å². The van der Waals surface area contributed by atoms with Crippen molar-refractivity contribution in [3.8, 4) is 0 Å². The van der Waals surface area contributed by atoms with Crippen LogP contribution in [-0.2, 0) is 5.41 Å². The molecule has 1 aliphatic carbocycles. The molecule has 3 N–H and O–H groups in total. The van der Waals surface area contributed by atoms with E-state index in [1.54, 1.807) is 6.07 Å². The number of rotatable bonds is 18. The van der Waals surface area contributed by atoms with Crippen molar-refractivity contribution in [3.63, 3.8) is 0 Å². The van der Waals surface area contributed by atoms with E-state index in [4.69, 9.17) is 0 Å². The Morgan fingerprint density at radius 3 is 2.35 bits per heavy atom. The summed E-state index contributed by atoms with van der Waals surface area (Å²) in [5, 5.41) is 10.2. The Morgan fingerprint density at radius 2 is 1.80 bits per heavy atom. The maximum Gasteiger partial charge on any atom is 0.126 e. The molecule has 4 heteroatoms. The van der Waals surface area contributed by atoms with Crippen LogP contribution in [-0.4, -0.2) is 26.2 Å². The molecular weight excluding hydrogens is 493 g/mol. The zero-order valence-corrected chi connectivity index (χ0v) is 27.4. The highest BCUT2D eigenvalue weighted by Crippen LogP contribution is 2.41. The molecule has 3 atom stereocenters. The molecule has 0 spiro atoms. The lowest BCUT2D eigenvalue weighted by Gasteiger charge is -2.39. The van der Waals surface area contributed by atoms with Gasteiger partial charge in [-0.2, -0.15) is 0 Å². The smallest absolute Gasteiger partial charge is 0.126 e. The highest BCUT2D eigenvalue weighted by molar-refractivity contribution is 5.31. The van der Waals surface area contributed by atoms with E-state index in [-0.39, 0.29) is 11.2 Å². The van der Waals surface area contributed by atoms with Crippen LogP contribution in [0.4, 0.5) is 4.39 Å². The molecular formula is C36H64FN3. The molecule has 1 aliphatic rings. The third kappa shape index (κ3) is 13.2. The Bertz CT molecular complexity index is 844. The van der Waals surface area contributed by atoms with Crippen LogP contribution in [0, 0.1) is 24.6 Å². The quantitative estimate of drug-likeness (QED) is 0.157. The Morgan fingerprint density at radius 1 is 1.10 bits per heavy atom. The zero-order valence-electron chi connectivity index (χ0n) is 27.4. The zero-order chi connectivity index (χ0) is 30.0. The number of halogens is 1. The minimum absolute atomic E-state index is 0.0948. The SMILES string of the molecule is C=C(C)N[C@H](CNC)CC1CCCCC1.C=C(CC)NCCCC(C)(c1ccc(F)c(C)c1)C(CC)CCCC. The molecule has 0 aliphatic heterocycles. The molecule has 230 valence electrons. The highest BCUT2D eigenvalue weighted by Gasteiger charge is 2.34. The first-order chi connectivity index (χ1) is 19.1. The van der Waals surface area contributed by atoms with Crippen LogP contribution < -0.4 is 16.0 Å². The maximum atomic E-state index is 13.8. The van der Waals surface area contributed by atoms with Gasteiger partial charge in [-0.1, -0.05) is 104 Å². The van der Waals surface area contributed by atoms with Gasteiger partial charge in [-0.15, -0.1) is 0 Å². The fourth-order valence-corrected chi connectivity index (χ4v) is 6.47. The average molecular weight is 558 g/mol. The van der Waals surface area contributed by atoms with Crippen molar-refractivity contribution >= 4 is 0 Å². The number of benzene rings is 1. The number of hydrogen-bond acceptors (Lipinski definition) is 3. The molecule has 1 aromatic rings. The fraction of sp³-hybridized carbons (Fsp3) is 0.722. The summed E-state index contributed by atoms with van der Waals surface area (Å²) < 4.78 is 13.8. The van der Waals surface area contributed by atoms with E-state index in [1.807, 2.05) is 27.0 Å². The van der Waals surface area contributed by atoms with Gasteiger partial charge in [0.15, 0.2) is 0 Å². The first kappa shape index (κ1) is 36.2. The van der Waals surface area contributed by atoms with Crippen LogP contribution in [0.5, 0.6) is 0 Å². The second kappa shape index (κ2) is 20.1. The van der Waals surface area contributed by atoms with Crippen LogP contribution in [0.3, 0.4) is 0 Å². The van der Waals surface area contributed by atoms with Crippen LogP contribution in [0.1, 0.15) is 129 Å². The predicted octanol–water partition coefficient (Wildman–Crippen LogP) is 9.57. The molecule has 1 saturated carbocycles. The fourth-order valence-electron chi connectivity index (χ4n) is 6.47.